The summed E-state index contributed by atoms with van der Waals surface area (Å²) >= 11 is 5.18. The average Bonchev–Trinajstić information content (AvgIpc) is 3.21. The van der Waals surface area contributed by atoms with E-state index < -0.39 is 11.2 Å². The molecule has 8 heteroatoms. The molecule has 2 aromatic carbocycles. The number of benzene rings is 2. The molecule has 0 radical (unpaired) electrons. The average molecular weight is 499 g/mol. The topological polar surface area (TPSA) is 72.3 Å². The van der Waals surface area contributed by atoms with Crippen molar-refractivity contribution in [3.05, 3.63) is 64.7 Å². The predicted octanol–water partition coefficient (Wildman–Crippen LogP) is 4.40. The second-order valence-electron chi connectivity index (χ2n) is 9.49. The number of piperidine rings is 1. The summed E-state index contributed by atoms with van der Waals surface area (Å²) in [6.45, 7) is 4.42. The van der Waals surface area contributed by atoms with E-state index in [4.69, 9.17) is 26.3 Å². The molecule has 0 amide bonds. The highest BCUT2D eigenvalue weighted by Crippen LogP contribution is 2.37. The molecule has 3 unspecified atom stereocenters. The highest BCUT2D eigenvalue weighted by Gasteiger charge is 2.46. The molecule has 6 nitrogen and oxygen atoms in total. The SMILES string of the molecule is COCC1(c2ccc(Cl)cc2)CCN(C2=NC3CC[S+]([O-])C3C(Nc3cccc(C)c3)=N2)CC1. The van der Waals surface area contributed by atoms with Gasteiger partial charge in [-0.2, -0.15) is 4.99 Å². The molecule has 1 N–H and O–H groups in total. The Kier molecular flexibility index (Phi) is 6.89. The number of rotatable bonds is 4. The molecule has 3 atom stereocenters. The summed E-state index contributed by atoms with van der Waals surface area (Å²) in [5.74, 6) is 2.22. The van der Waals surface area contributed by atoms with Gasteiger partial charge in [0.15, 0.2) is 11.1 Å². The van der Waals surface area contributed by atoms with Crippen LogP contribution in [0.3, 0.4) is 0 Å². The van der Waals surface area contributed by atoms with Crippen molar-refractivity contribution < 1.29 is 9.29 Å². The van der Waals surface area contributed by atoms with E-state index in [9.17, 15) is 4.55 Å². The maximum atomic E-state index is 12.8. The van der Waals surface area contributed by atoms with Crippen molar-refractivity contribution in [2.75, 3.05) is 37.9 Å². The fraction of sp³-hybridized carbons (Fsp3) is 0.462. The van der Waals surface area contributed by atoms with Crippen molar-refractivity contribution in [3.63, 3.8) is 0 Å². The van der Waals surface area contributed by atoms with E-state index in [1.54, 1.807) is 7.11 Å². The summed E-state index contributed by atoms with van der Waals surface area (Å²) in [4.78, 5) is 12.2. The van der Waals surface area contributed by atoms with Gasteiger partial charge in [-0.25, -0.2) is 4.99 Å². The largest absolute Gasteiger partial charge is 0.616 e. The third-order valence-electron chi connectivity index (χ3n) is 7.19. The molecule has 5 rings (SSSR count). The van der Waals surface area contributed by atoms with Crippen LogP contribution in [0, 0.1) is 6.92 Å². The van der Waals surface area contributed by atoms with Gasteiger partial charge in [0.2, 0.25) is 5.96 Å². The fourth-order valence-electron chi connectivity index (χ4n) is 5.33. The van der Waals surface area contributed by atoms with Crippen LogP contribution in [0.5, 0.6) is 0 Å². The Labute approximate surface area is 209 Å². The van der Waals surface area contributed by atoms with E-state index in [1.807, 2.05) is 24.3 Å². The van der Waals surface area contributed by atoms with Gasteiger partial charge in [-0.3, -0.25) is 0 Å². The minimum absolute atomic E-state index is 0.0163. The number of hydrogen-bond donors (Lipinski definition) is 1. The number of ether oxygens (including phenoxy) is 1. The molecule has 3 aliphatic heterocycles. The number of nitrogens with one attached hydrogen (secondary N) is 1. The number of likely N-dealkylation sites (tertiary alicyclic amines) is 1. The van der Waals surface area contributed by atoms with Gasteiger partial charge in [0, 0.05) is 42.7 Å². The smallest absolute Gasteiger partial charge is 0.223 e. The molecule has 0 aliphatic carbocycles. The van der Waals surface area contributed by atoms with Gasteiger partial charge in [-0.05, 0) is 66.3 Å². The van der Waals surface area contributed by atoms with Crippen LogP contribution >= 0.6 is 11.6 Å². The number of halogens is 1. The molecule has 34 heavy (non-hydrogen) atoms. The number of guanidine groups is 1. The third kappa shape index (κ3) is 4.71. The van der Waals surface area contributed by atoms with Gasteiger partial charge >= 0.3 is 0 Å². The van der Waals surface area contributed by atoms with Crippen LogP contribution in [0.25, 0.3) is 0 Å². The van der Waals surface area contributed by atoms with Crippen molar-refractivity contribution >= 4 is 40.3 Å². The predicted molar refractivity (Wildman–Crippen MR) is 141 cm³/mol. The van der Waals surface area contributed by atoms with Crippen LogP contribution < -0.4 is 5.32 Å². The van der Waals surface area contributed by atoms with E-state index in [1.165, 1.54) is 11.1 Å². The summed E-state index contributed by atoms with van der Waals surface area (Å²) in [5, 5.41) is 4.07. The summed E-state index contributed by atoms with van der Waals surface area (Å²) in [6, 6.07) is 16.4. The molecular weight excluding hydrogens is 468 g/mol. The van der Waals surface area contributed by atoms with E-state index >= 15 is 0 Å². The molecule has 2 fully saturated rings. The number of aliphatic imine (C=N–C) groups is 2. The van der Waals surface area contributed by atoms with Crippen molar-refractivity contribution in [2.45, 2.75) is 42.9 Å². The van der Waals surface area contributed by atoms with Crippen LogP contribution in [-0.2, 0) is 21.3 Å². The molecule has 0 spiro atoms. The van der Waals surface area contributed by atoms with Crippen LogP contribution in [0.1, 0.15) is 30.4 Å². The van der Waals surface area contributed by atoms with Gasteiger partial charge in [-0.1, -0.05) is 35.9 Å². The maximum Gasteiger partial charge on any atom is 0.223 e. The van der Waals surface area contributed by atoms with Crippen molar-refractivity contribution in [3.8, 4) is 0 Å². The molecule has 3 aliphatic rings. The van der Waals surface area contributed by atoms with Crippen molar-refractivity contribution in [2.24, 2.45) is 9.98 Å². The number of fused-ring (bicyclic) bond motifs is 1. The van der Waals surface area contributed by atoms with Gasteiger partial charge in [-0.15, -0.1) is 0 Å². The van der Waals surface area contributed by atoms with E-state index in [0.717, 1.165) is 54.9 Å². The minimum atomic E-state index is -0.957. The molecule has 0 bridgehead atoms. The third-order valence-corrected chi connectivity index (χ3v) is 9.18. The van der Waals surface area contributed by atoms with Crippen LogP contribution in [-0.4, -0.2) is 65.1 Å². The Bertz CT molecular complexity index is 1080. The summed E-state index contributed by atoms with van der Waals surface area (Å²) in [5.41, 5.74) is 3.37. The molecule has 2 aromatic rings. The van der Waals surface area contributed by atoms with Crippen molar-refractivity contribution in [1.29, 1.82) is 0 Å². The standard InChI is InChI=1S/C26H31ClN4O2S/c1-18-4-3-5-21(16-18)28-24-23-22(10-15-34(23)32)29-25(30-24)31-13-11-26(12-14-31,17-33-2)19-6-8-20(27)9-7-19/h3-9,16,22-23H,10-15,17H2,1-2H3,(H,28,29,30). The van der Waals surface area contributed by atoms with E-state index in [0.29, 0.717) is 12.4 Å². The van der Waals surface area contributed by atoms with Gasteiger partial charge in [0.25, 0.3) is 0 Å². The zero-order valence-electron chi connectivity index (χ0n) is 19.7. The van der Waals surface area contributed by atoms with Crippen molar-refractivity contribution in [1.82, 2.24) is 4.90 Å². The van der Waals surface area contributed by atoms with Crippen LogP contribution in [0.2, 0.25) is 5.02 Å². The number of anilines is 1. The lowest BCUT2D eigenvalue weighted by molar-refractivity contribution is 0.0903. The number of hydrogen-bond acceptors (Lipinski definition) is 6. The highest BCUT2D eigenvalue weighted by molar-refractivity contribution is 7.93. The zero-order valence-corrected chi connectivity index (χ0v) is 21.2. The maximum absolute atomic E-state index is 12.8. The number of nitrogens with zero attached hydrogens (tertiary/aromatic N) is 3. The summed E-state index contributed by atoms with van der Waals surface area (Å²) < 4.78 is 18.4. The van der Waals surface area contributed by atoms with Gasteiger partial charge < -0.3 is 19.5 Å². The molecule has 0 aromatic heterocycles. The van der Waals surface area contributed by atoms with Gasteiger partial charge in [0.05, 0.1) is 6.61 Å². The van der Waals surface area contributed by atoms with Gasteiger partial charge in [0.1, 0.15) is 11.8 Å². The quantitative estimate of drug-likeness (QED) is 0.634. The Morgan fingerprint density at radius 1 is 1.21 bits per heavy atom. The molecule has 2 saturated heterocycles. The first-order valence-electron chi connectivity index (χ1n) is 11.8. The first-order chi connectivity index (χ1) is 16.5. The Morgan fingerprint density at radius 2 is 1.97 bits per heavy atom. The normalized spacial score (nSPS) is 26.0. The number of methoxy groups -OCH3 is 1. The Morgan fingerprint density at radius 3 is 2.68 bits per heavy atom. The molecule has 180 valence electrons. The lowest BCUT2D eigenvalue weighted by Gasteiger charge is -2.43. The summed E-state index contributed by atoms with van der Waals surface area (Å²) in [7, 11) is 1.77. The lowest BCUT2D eigenvalue weighted by Crippen LogP contribution is -2.50. The van der Waals surface area contributed by atoms with Crippen LogP contribution in [0.4, 0.5) is 5.69 Å². The van der Waals surface area contributed by atoms with Crippen LogP contribution in [0.15, 0.2) is 58.5 Å². The number of amidine groups is 1. The Balaban J connectivity index is 1.37. The van der Waals surface area contributed by atoms with E-state index in [2.05, 4.69) is 41.4 Å². The zero-order chi connectivity index (χ0) is 23.7. The number of aryl methyl sites for hydroxylation is 1. The highest BCUT2D eigenvalue weighted by atomic mass is 35.5. The fourth-order valence-corrected chi connectivity index (χ4v) is 7.09. The first kappa shape index (κ1) is 23.7. The monoisotopic (exact) mass is 498 g/mol. The Hall–Kier alpha value is -2.06. The first-order valence-corrected chi connectivity index (χ1v) is 13.6. The summed E-state index contributed by atoms with van der Waals surface area (Å²) in [6.07, 6.45) is 2.72. The molecule has 0 saturated carbocycles. The molecule has 3 heterocycles. The minimum Gasteiger partial charge on any atom is -0.616 e. The van der Waals surface area contributed by atoms with E-state index in [-0.39, 0.29) is 16.7 Å². The molecular formula is C26H31ClN4O2S. The lowest BCUT2D eigenvalue weighted by atomic mass is 9.73. The second-order valence-corrected chi connectivity index (χ2v) is 11.6. The second kappa shape index (κ2) is 9.90.